The molecule has 0 saturated carbocycles. The second-order valence-electron chi connectivity index (χ2n) is 6.42. The van der Waals surface area contributed by atoms with Gasteiger partial charge in [-0.2, -0.15) is 0 Å². The van der Waals surface area contributed by atoms with Crippen molar-refractivity contribution in [3.8, 4) is 0 Å². The Morgan fingerprint density at radius 2 is 1.86 bits per heavy atom. The molecule has 0 aliphatic rings. The highest BCUT2D eigenvalue weighted by atomic mass is 16.3. The van der Waals surface area contributed by atoms with Gasteiger partial charge in [-0.25, -0.2) is 15.0 Å². The van der Waals surface area contributed by atoms with Gasteiger partial charge in [0.25, 0.3) is 0 Å². The fourth-order valence-corrected chi connectivity index (χ4v) is 2.93. The summed E-state index contributed by atoms with van der Waals surface area (Å²) in [5.74, 6) is 1.07. The minimum absolute atomic E-state index is 0.224. The Kier molecular flexibility index (Phi) is 11.6. The van der Waals surface area contributed by atoms with Crippen LogP contribution in [0.4, 0.5) is 5.82 Å². The Balaban J connectivity index is 0.000000989. The lowest BCUT2D eigenvalue weighted by Gasteiger charge is -2.12. The van der Waals surface area contributed by atoms with Crippen molar-refractivity contribution in [3.63, 3.8) is 0 Å². The summed E-state index contributed by atoms with van der Waals surface area (Å²) in [5, 5.41) is 12.7. The van der Waals surface area contributed by atoms with Crippen LogP contribution in [0, 0.1) is 12.8 Å². The molecule has 6 heteroatoms. The van der Waals surface area contributed by atoms with Gasteiger partial charge >= 0.3 is 0 Å². The number of fused-ring (bicyclic) bond motifs is 1. The zero-order chi connectivity index (χ0) is 21.6. The minimum atomic E-state index is 0.224. The van der Waals surface area contributed by atoms with Crippen LogP contribution in [0.2, 0.25) is 0 Å². The van der Waals surface area contributed by atoms with E-state index in [9.17, 15) is 5.11 Å². The lowest BCUT2D eigenvalue weighted by Crippen LogP contribution is -2.09. The molecule has 0 aliphatic heterocycles. The van der Waals surface area contributed by atoms with Gasteiger partial charge in [0.1, 0.15) is 11.8 Å². The highest BCUT2D eigenvalue weighted by molar-refractivity contribution is 5.82. The predicted octanol–water partition coefficient (Wildman–Crippen LogP) is 5.21. The molecular weight excluding hydrogens is 362 g/mol. The van der Waals surface area contributed by atoms with Crippen LogP contribution in [0.5, 0.6) is 0 Å². The summed E-state index contributed by atoms with van der Waals surface area (Å²) < 4.78 is 2.03. The fourth-order valence-electron chi connectivity index (χ4n) is 2.93. The first-order valence-corrected chi connectivity index (χ1v) is 10.8. The topological polar surface area (TPSA) is 75.9 Å². The molecule has 3 aromatic rings. The van der Waals surface area contributed by atoms with Gasteiger partial charge in [-0.3, -0.25) is 0 Å². The lowest BCUT2D eigenvalue weighted by atomic mass is 10.0. The Morgan fingerprint density at radius 1 is 1.10 bits per heavy atom. The van der Waals surface area contributed by atoms with Gasteiger partial charge in [0.2, 0.25) is 0 Å². The van der Waals surface area contributed by atoms with Crippen molar-refractivity contribution < 1.29 is 5.11 Å². The number of imidazole rings is 1. The number of rotatable bonds is 8. The predicted molar refractivity (Wildman–Crippen MR) is 122 cm³/mol. The average molecular weight is 400 g/mol. The summed E-state index contributed by atoms with van der Waals surface area (Å²) in [4.78, 5) is 13.2. The number of nitrogens with one attached hydrogen (secondary N) is 1. The molecule has 1 unspecified atom stereocenters. The van der Waals surface area contributed by atoms with E-state index in [0.717, 1.165) is 36.4 Å². The van der Waals surface area contributed by atoms with Crippen molar-refractivity contribution in [1.29, 1.82) is 0 Å². The van der Waals surface area contributed by atoms with Crippen molar-refractivity contribution in [2.75, 3.05) is 11.9 Å². The molecule has 1 atom stereocenters. The molecule has 0 bridgehead atoms. The third kappa shape index (κ3) is 7.13. The van der Waals surface area contributed by atoms with E-state index in [1.54, 1.807) is 12.7 Å². The van der Waals surface area contributed by atoms with Crippen LogP contribution in [-0.2, 0) is 13.1 Å². The molecular formula is C23H37N5O. The molecule has 1 aromatic carbocycles. The maximum absolute atomic E-state index is 9.35. The smallest absolute Gasteiger partial charge is 0.165 e. The van der Waals surface area contributed by atoms with E-state index >= 15 is 0 Å². The van der Waals surface area contributed by atoms with Crippen LogP contribution in [0.25, 0.3) is 11.2 Å². The third-order valence-electron chi connectivity index (χ3n) is 4.56. The molecule has 0 fully saturated rings. The van der Waals surface area contributed by atoms with Gasteiger partial charge < -0.3 is 15.0 Å². The largest absolute Gasteiger partial charge is 0.396 e. The van der Waals surface area contributed by atoms with Gasteiger partial charge in [-0.05, 0) is 24.8 Å². The molecule has 0 aliphatic carbocycles. The molecule has 29 heavy (non-hydrogen) atoms. The number of hydrogen-bond donors (Lipinski definition) is 2. The first-order chi connectivity index (χ1) is 14.2. The SMILES string of the molecule is CC.CC.CCC(CO)CCn1cnc2c(NCc3cccc(C)c3)ncnc21. The summed E-state index contributed by atoms with van der Waals surface area (Å²) in [6.45, 7) is 13.9. The van der Waals surface area contributed by atoms with E-state index in [4.69, 9.17) is 0 Å². The molecule has 0 saturated heterocycles. The van der Waals surface area contributed by atoms with Crippen LogP contribution >= 0.6 is 0 Å². The summed E-state index contributed by atoms with van der Waals surface area (Å²) in [5.41, 5.74) is 4.06. The van der Waals surface area contributed by atoms with Gasteiger partial charge in [0, 0.05) is 19.7 Å². The van der Waals surface area contributed by atoms with Crippen molar-refractivity contribution >= 4 is 17.0 Å². The number of aromatic nitrogens is 4. The van der Waals surface area contributed by atoms with Crippen LogP contribution in [-0.4, -0.2) is 31.2 Å². The molecule has 2 aromatic heterocycles. The number of hydrogen-bond acceptors (Lipinski definition) is 5. The Morgan fingerprint density at radius 3 is 2.52 bits per heavy atom. The highest BCUT2D eigenvalue weighted by Crippen LogP contribution is 2.19. The van der Waals surface area contributed by atoms with Gasteiger partial charge in [0.05, 0.1) is 6.33 Å². The standard InChI is InChI=1S/C19H25N5O.2C2H6/c1-3-15(11-25)7-8-24-13-23-17-18(21-12-22-19(17)24)20-10-16-6-4-5-14(2)9-16;2*1-2/h4-6,9,12-13,15,25H,3,7-8,10-11H2,1-2H3,(H,20,21,22);2*1-2H3. The molecule has 0 amide bonds. The first-order valence-electron chi connectivity index (χ1n) is 10.8. The van der Waals surface area contributed by atoms with E-state index in [1.165, 1.54) is 11.1 Å². The number of aliphatic hydroxyl groups excluding tert-OH is 1. The summed E-state index contributed by atoms with van der Waals surface area (Å²) >= 11 is 0. The van der Waals surface area contributed by atoms with Crippen molar-refractivity contribution in [3.05, 3.63) is 48.0 Å². The zero-order valence-corrected chi connectivity index (χ0v) is 18.8. The monoisotopic (exact) mass is 399 g/mol. The molecule has 0 spiro atoms. The number of aryl methyl sites for hydroxylation is 2. The lowest BCUT2D eigenvalue weighted by molar-refractivity contribution is 0.210. The molecule has 0 radical (unpaired) electrons. The Labute approximate surface area is 175 Å². The van der Waals surface area contributed by atoms with Gasteiger partial charge in [-0.1, -0.05) is 70.9 Å². The molecule has 2 N–H and O–H groups in total. The Hall–Kier alpha value is -2.47. The van der Waals surface area contributed by atoms with E-state index < -0.39 is 0 Å². The van der Waals surface area contributed by atoms with E-state index in [-0.39, 0.29) is 6.61 Å². The number of anilines is 1. The maximum Gasteiger partial charge on any atom is 0.165 e. The van der Waals surface area contributed by atoms with Gasteiger partial charge in [0.15, 0.2) is 11.5 Å². The van der Waals surface area contributed by atoms with E-state index in [0.29, 0.717) is 12.5 Å². The average Bonchev–Trinajstić information content (AvgIpc) is 3.20. The molecule has 6 nitrogen and oxygen atoms in total. The fraction of sp³-hybridized carbons (Fsp3) is 0.522. The maximum atomic E-state index is 9.35. The van der Waals surface area contributed by atoms with Gasteiger partial charge in [-0.15, -0.1) is 0 Å². The van der Waals surface area contributed by atoms with Crippen LogP contribution in [0.3, 0.4) is 0 Å². The van der Waals surface area contributed by atoms with Crippen molar-refractivity contribution in [2.45, 2.75) is 67.5 Å². The Bertz CT molecular complexity index is 827. The van der Waals surface area contributed by atoms with E-state index in [2.05, 4.69) is 58.4 Å². The van der Waals surface area contributed by atoms with Crippen LogP contribution in [0.15, 0.2) is 36.9 Å². The number of nitrogens with zero attached hydrogens (tertiary/aromatic N) is 4. The highest BCUT2D eigenvalue weighted by Gasteiger charge is 2.11. The first kappa shape index (κ1) is 24.6. The summed E-state index contributed by atoms with van der Waals surface area (Å²) in [7, 11) is 0. The summed E-state index contributed by atoms with van der Waals surface area (Å²) in [6.07, 6.45) is 5.26. The molecule has 2 heterocycles. The van der Waals surface area contributed by atoms with E-state index in [1.807, 2.05) is 32.3 Å². The second kappa shape index (κ2) is 13.7. The van der Waals surface area contributed by atoms with Crippen LogP contribution < -0.4 is 5.32 Å². The van der Waals surface area contributed by atoms with Crippen LogP contribution in [0.1, 0.15) is 58.6 Å². The molecule has 160 valence electrons. The summed E-state index contributed by atoms with van der Waals surface area (Å²) in [6, 6.07) is 8.40. The normalized spacial score (nSPS) is 11.1. The van der Waals surface area contributed by atoms with Crippen molar-refractivity contribution in [2.24, 2.45) is 5.92 Å². The zero-order valence-electron chi connectivity index (χ0n) is 18.8. The third-order valence-corrected chi connectivity index (χ3v) is 4.56. The second-order valence-corrected chi connectivity index (χ2v) is 6.42. The number of aliphatic hydroxyl groups is 1. The van der Waals surface area contributed by atoms with Crippen molar-refractivity contribution in [1.82, 2.24) is 19.5 Å². The quantitative estimate of drug-likeness (QED) is 0.544. The molecule has 3 rings (SSSR count). The minimum Gasteiger partial charge on any atom is -0.396 e. The number of benzene rings is 1.